The zero-order valence-electron chi connectivity index (χ0n) is 18.9. The van der Waals surface area contributed by atoms with Crippen molar-refractivity contribution in [3.63, 3.8) is 0 Å². The van der Waals surface area contributed by atoms with Crippen LogP contribution in [0.4, 0.5) is 0 Å². The van der Waals surface area contributed by atoms with Gasteiger partial charge in [0.25, 0.3) is 0 Å². The summed E-state index contributed by atoms with van der Waals surface area (Å²) in [5, 5.41) is 17.3. The summed E-state index contributed by atoms with van der Waals surface area (Å²) in [4.78, 5) is 0. The summed E-state index contributed by atoms with van der Waals surface area (Å²) in [7, 11) is 0. The van der Waals surface area contributed by atoms with Crippen molar-refractivity contribution in [1.82, 2.24) is 0 Å². The molecule has 0 amide bonds. The van der Waals surface area contributed by atoms with Crippen molar-refractivity contribution in [2.24, 2.45) is 0 Å². The lowest BCUT2D eigenvalue weighted by molar-refractivity contribution is 0.263. The van der Waals surface area contributed by atoms with E-state index in [4.69, 9.17) is 29.2 Å². The number of phenols is 2. The molecule has 3 aromatic carbocycles. The molecule has 0 radical (unpaired) electrons. The van der Waals surface area contributed by atoms with Gasteiger partial charge in [-0.15, -0.1) is 0 Å². The first kappa shape index (κ1) is 23.0. The normalized spacial score (nSPS) is 18.6. The molecule has 2 saturated heterocycles. The SMILES string of the molecule is CC(C)(c1ccc(OCC2CO2)cc1)c1ccc(OCC2CO2)cc1.Oc1cccc(O)c1. The molecule has 0 spiro atoms. The molecule has 174 valence electrons. The van der Waals surface area contributed by atoms with Gasteiger partial charge in [-0.3, -0.25) is 0 Å². The third-order valence-electron chi connectivity index (χ3n) is 5.66. The largest absolute Gasteiger partial charge is 0.508 e. The second-order valence-electron chi connectivity index (χ2n) is 8.73. The Hall–Kier alpha value is -3.22. The Labute approximate surface area is 194 Å². The number of benzene rings is 3. The fourth-order valence-corrected chi connectivity index (χ4v) is 3.30. The highest BCUT2D eigenvalue weighted by atomic mass is 16.6. The van der Waals surface area contributed by atoms with Crippen LogP contribution in [0.1, 0.15) is 25.0 Å². The summed E-state index contributed by atoms with van der Waals surface area (Å²) in [6, 6.07) is 22.5. The van der Waals surface area contributed by atoms with Gasteiger partial charge in [-0.2, -0.15) is 0 Å². The van der Waals surface area contributed by atoms with Crippen LogP contribution in [0.15, 0.2) is 72.8 Å². The standard InChI is InChI=1S/C21H24O4.C6H6O2/c1-21(2,15-3-7-17(8-4-15)22-11-19-13-24-19)16-5-9-18(10-6-16)23-12-20-14-25-20;7-5-2-1-3-6(8)4-5/h3-10,19-20H,11-14H2,1-2H3;1-4,7-8H. The summed E-state index contributed by atoms with van der Waals surface area (Å²) >= 11 is 0. The van der Waals surface area contributed by atoms with E-state index in [1.54, 1.807) is 6.07 Å². The predicted octanol–water partition coefficient (Wildman–Crippen LogP) is 4.67. The molecule has 0 aromatic heterocycles. The molecule has 2 unspecified atom stereocenters. The van der Waals surface area contributed by atoms with Gasteiger partial charge in [-0.05, 0) is 47.5 Å². The van der Waals surface area contributed by atoms with Gasteiger partial charge in [0.2, 0.25) is 0 Å². The molecule has 3 aromatic rings. The molecule has 0 saturated carbocycles. The topological polar surface area (TPSA) is 84.0 Å². The Morgan fingerprint density at radius 1 is 0.727 bits per heavy atom. The zero-order valence-corrected chi connectivity index (χ0v) is 18.9. The predicted molar refractivity (Wildman–Crippen MR) is 125 cm³/mol. The van der Waals surface area contributed by atoms with Gasteiger partial charge >= 0.3 is 0 Å². The maximum atomic E-state index is 8.65. The molecule has 2 N–H and O–H groups in total. The van der Waals surface area contributed by atoms with E-state index in [-0.39, 0.29) is 29.1 Å². The van der Waals surface area contributed by atoms with E-state index in [2.05, 4.69) is 38.1 Å². The fourth-order valence-electron chi connectivity index (χ4n) is 3.30. The number of rotatable bonds is 8. The molecule has 6 nitrogen and oxygen atoms in total. The van der Waals surface area contributed by atoms with Gasteiger partial charge in [0, 0.05) is 11.5 Å². The Kier molecular flexibility index (Phi) is 7.06. The van der Waals surface area contributed by atoms with Crippen LogP contribution in [0.3, 0.4) is 0 Å². The molecule has 5 rings (SSSR count). The Morgan fingerprint density at radius 3 is 1.42 bits per heavy atom. The lowest BCUT2D eigenvalue weighted by Gasteiger charge is -2.26. The molecular weight excluding hydrogens is 420 g/mol. The lowest BCUT2D eigenvalue weighted by Crippen LogP contribution is -2.18. The number of epoxide rings is 2. The summed E-state index contributed by atoms with van der Waals surface area (Å²) in [6.07, 6.45) is 0.562. The van der Waals surface area contributed by atoms with Crippen LogP contribution >= 0.6 is 0 Å². The number of phenolic OH excluding ortho intramolecular Hbond substituents is 2. The number of hydrogen-bond acceptors (Lipinski definition) is 6. The van der Waals surface area contributed by atoms with E-state index >= 15 is 0 Å². The maximum Gasteiger partial charge on any atom is 0.119 e. The van der Waals surface area contributed by atoms with E-state index in [1.165, 1.54) is 29.3 Å². The van der Waals surface area contributed by atoms with E-state index < -0.39 is 0 Å². The second-order valence-corrected chi connectivity index (χ2v) is 8.73. The van der Waals surface area contributed by atoms with Crippen LogP contribution in [-0.2, 0) is 14.9 Å². The molecule has 6 heteroatoms. The summed E-state index contributed by atoms with van der Waals surface area (Å²) in [5.41, 5.74) is 2.42. The number of ether oxygens (including phenoxy) is 4. The van der Waals surface area contributed by atoms with Crippen LogP contribution in [0.25, 0.3) is 0 Å². The number of hydrogen-bond donors (Lipinski definition) is 2. The first-order chi connectivity index (χ1) is 15.9. The average Bonchev–Trinajstić information content (AvgIpc) is 3.73. The van der Waals surface area contributed by atoms with Crippen LogP contribution in [-0.4, -0.2) is 48.8 Å². The monoisotopic (exact) mass is 450 g/mol. The maximum absolute atomic E-state index is 8.65. The van der Waals surface area contributed by atoms with Crippen molar-refractivity contribution in [2.75, 3.05) is 26.4 Å². The highest BCUT2D eigenvalue weighted by molar-refractivity contribution is 5.41. The van der Waals surface area contributed by atoms with Gasteiger partial charge in [0.1, 0.15) is 48.4 Å². The minimum Gasteiger partial charge on any atom is -0.508 e. The molecule has 0 bridgehead atoms. The van der Waals surface area contributed by atoms with Crippen molar-refractivity contribution in [1.29, 1.82) is 0 Å². The van der Waals surface area contributed by atoms with Gasteiger partial charge in [-0.25, -0.2) is 0 Å². The van der Waals surface area contributed by atoms with Gasteiger partial charge in [0.15, 0.2) is 0 Å². The van der Waals surface area contributed by atoms with Crippen molar-refractivity contribution < 1.29 is 29.2 Å². The molecule has 2 fully saturated rings. The average molecular weight is 451 g/mol. The lowest BCUT2D eigenvalue weighted by atomic mass is 9.78. The first-order valence-corrected chi connectivity index (χ1v) is 11.1. The Balaban J connectivity index is 0.000000275. The van der Waals surface area contributed by atoms with Crippen LogP contribution in [0.2, 0.25) is 0 Å². The van der Waals surface area contributed by atoms with Gasteiger partial charge in [-0.1, -0.05) is 44.2 Å². The van der Waals surface area contributed by atoms with E-state index in [1.807, 2.05) is 24.3 Å². The van der Waals surface area contributed by atoms with Crippen molar-refractivity contribution in [2.45, 2.75) is 31.5 Å². The van der Waals surface area contributed by atoms with Gasteiger partial charge in [0.05, 0.1) is 13.2 Å². The van der Waals surface area contributed by atoms with E-state index in [0.29, 0.717) is 13.2 Å². The van der Waals surface area contributed by atoms with E-state index in [9.17, 15) is 0 Å². The van der Waals surface area contributed by atoms with Crippen molar-refractivity contribution in [3.05, 3.63) is 83.9 Å². The molecular formula is C27H30O6. The van der Waals surface area contributed by atoms with Crippen molar-refractivity contribution >= 4 is 0 Å². The molecule has 2 atom stereocenters. The fraction of sp³-hybridized carbons (Fsp3) is 0.333. The molecule has 2 aliphatic heterocycles. The Bertz CT molecular complexity index is 942. The summed E-state index contributed by atoms with van der Waals surface area (Å²) < 4.78 is 21.8. The number of aromatic hydroxyl groups is 2. The van der Waals surface area contributed by atoms with Crippen molar-refractivity contribution in [3.8, 4) is 23.0 Å². The molecule has 33 heavy (non-hydrogen) atoms. The quantitative estimate of drug-likeness (QED) is 0.486. The Morgan fingerprint density at radius 2 is 1.12 bits per heavy atom. The highest BCUT2D eigenvalue weighted by Gasteiger charge is 2.25. The third kappa shape index (κ3) is 6.88. The second kappa shape index (κ2) is 10.1. The van der Waals surface area contributed by atoms with Crippen LogP contribution in [0.5, 0.6) is 23.0 Å². The highest BCUT2D eigenvalue weighted by Crippen LogP contribution is 2.33. The van der Waals surface area contributed by atoms with Gasteiger partial charge < -0.3 is 29.2 Å². The molecule has 2 aliphatic rings. The first-order valence-electron chi connectivity index (χ1n) is 11.1. The minimum absolute atomic E-state index is 0.0870. The third-order valence-corrected chi connectivity index (χ3v) is 5.66. The zero-order chi connectivity index (χ0) is 23.3. The smallest absolute Gasteiger partial charge is 0.119 e. The van der Waals surface area contributed by atoms with Crippen LogP contribution < -0.4 is 9.47 Å². The van der Waals surface area contributed by atoms with Crippen LogP contribution in [0, 0.1) is 0 Å². The van der Waals surface area contributed by atoms with E-state index in [0.717, 1.165) is 24.7 Å². The summed E-state index contributed by atoms with van der Waals surface area (Å²) in [6.45, 7) is 7.37. The minimum atomic E-state index is -0.0870. The summed E-state index contributed by atoms with van der Waals surface area (Å²) in [5.74, 6) is 1.96. The molecule has 0 aliphatic carbocycles. The molecule has 2 heterocycles.